The van der Waals surface area contributed by atoms with Gasteiger partial charge in [0.2, 0.25) is 4.33 Å². The third-order valence-corrected chi connectivity index (χ3v) is 6.00. The molecule has 3 aromatic rings. The van der Waals surface area contributed by atoms with Crippen LogP contribution in [0.4, 0.5) is 11.4 Å². The summed E-state index contributed by atoms with van der Waals surface area (Å²) < 4.78 is 9.80. The quantitative estimate of drug-likeness (QED) is 0.387. The van der Waals surface area contributed by atoms with E-state index < -0.39 is 16.3 Å². The number of hydrogen-bond acceptors (Lipinski definition) is 4. The van der Waals surface area contributed by atoms with Crippen LogP contribution in [0.25, 0.3) is 5.76 Å². The van der Waals surface area contributed by atoms with Gasteiger partial charge < -0.3 is 14.4 Å². The fourth-order valence-corrected chi connectivity index (χ4v) is 4.47. The van der Waals surface area contributed by atoms with E-state index in [-0.39, 0.29) is 6.61 Å². The fraction of sp³-hybridized carbons (Fsp3) is 0.125. The van der Waals surface area contributed by atoms with Gasteiger partial charge in [0.25, 0.3) is 0 Å². The minimum Gasteiger partial charge on any atom is -0.488 e. The van der Waals surface area contributed by atoms with Crippen molar-refractivity contribution in [2.24, 2.45) is 0 Å². The van der Waals surface area contributed by atoms with E-state index in [4.69, 9.17) is 32.7 Å². The van der Waals surface area contributed by atoms with Gasteiger partial charge in [-0.2, -0.15) is 0 Å². The lowest BCUT2D eigenvalue weighted by Gasteiger charge is -2.44. The molecule has 2 heterocycles. The molecule has 0 fully saturated rings. The number of halogens is 2. The Bertz CT molecular complexity index is 1090. The van der Waals surface area contributed by atoms with E-state index in [1.807, 2.05) is 89.8 Å². The van der Waals surface area contributed by atoms with Crippen LogP contribution in [-0.4, -0.2) is 23.0 Å². The Kier molecular flexibility index (Phi) is 4.69. The van der Waals surface area contributed by atoms with E-state index in [9.17, 15) is 4.79 Å². The van der Waals surface area contributed by atoms with Crippen LogP contribution in [0.5, 0.6) is 5.75 Å². The summed E-state index contributed by atoms with van der Waals surface area (Å²) in [5.41, 5.74) is 3.12. The van der Waals surface area contributed by atoms with Crippen LogP contribution in [0.15, 0.2) is 90.5 Å². The number of hydrogen-bond donors (Lipinski definition) is 0. The van der Waals surface area contributed by atoms with Gasteiger partial charge in [-0.1, -0.05) is 71.7 Å². The van der Waals surface area contributed by atoms with Gasteiger partial charge in [-0.05, 0) is 36.4 Å². The zero-order valence-electron chi connectivity index (χ0n) is 15.8. The van der Waals surface area contributed by atoms with Crippen molar-refractivity contribution in [1.29, 1.82) is 0 Å². The first kappa shape index (κ1) is 19.0. The van der Waals surface area contributed by atoms with Gasteiger partial charge in [0.05, 0.1) is 5.56 Å². The summed E-state index contributed by atoms with van der Waals surface area (Å²) in [5.74, 6) is 0.411. The second-order valence-corrected chi connectivity index (χ2v) is 8.48. The number of para-hydroxylation sites is 3. The molecule has 4 nitrogen and oxygen atoms in total. The summed E-state index contributed by atoms with van der Waals surface area (Å²) >= 11 is 13.4. The predicted molar refractivity (Wildman–Crippen MR) is 118 cm³/mol. The van der Waals surface area contributed by atoms with Gasteiger partial charge in [0.15, 0.2) is 0 Å². The Hall–Kier alpha value is -2.95. The topological polar surface area (TPSA) is 38.8 Å². The number of carbonyl (C=O) groups is 1. The largest absolute Gasteiger partial charge is 0.488 e. The van der Waals surface area contributed by atoms with Gasteiger partial charge in [-0.15, -0.1) is 0 Å². The number of rotatable bonds is 3. The van der Waals surface area contributed by atoms with E-state index in [1.165, 1.54) is 0 Å². The maximum absolute atomic E-state index is 13.0. The van der Waals surface area contributed by atoms with Crippen LogP contribution < -0.4 is 9.64 Å². The summed E-state index contributed by atoms with van der Waals surface area (Å²) in [4.78, 5) is 14.9. The molecule has 1 atom stereocenters. The lowest BCUT2D eigenvalue weighted by molar-refractivity contribution is -0.138. The number of ether oxygens (including phenoxy) is 2. The average Bonchev–Trinajstić information content (AvgIpc) is 2.78. The Morgan fingerprint density at radius 2 is 1.40 bits per heavy atom. The molecule has 2 aliphatic heterocycles. The number of fused-ring (bicyclic) bond motifs is 2. The lowest BCUT2D eigenvalue weighted by Crippen LogP contribution is -2.55. The molecule has 0 aromatic heterocycles. The highest BCUT2D eigenvalue weighted by atomic mass is 35.5. The number of carbonyl (C=O) groups excluding carboxylic acids is 1. The monoisotopic (exact) mass is 437 g/mol. The first-order chi connectivity index (χ1) is 14.6. The zero-order valence-corrected chi connectivity index (χ0v) is 17.3. The molecule has 0 aliphatic carbocycles. The molecule has 1 unspecified atom stereocenters. The van der Waals surface area contributed by atoms with Gasteiger partial charge >= 0.3 is 5.97 Å². The molecule has 0 saturated carbocycles. The molecule has 0 spiro atoms. The highest BCUT2D eigenvalue weighted by molar-refractivity contribution is 6.59. The maximum atomic E-state index is 13.0. The average molecular weight is 438 g/mol. The van der Waals surface area contributed by atoms with Crippen molar-refractivity contribution in [2.45, 2.75) is 10.4 Å². The fourth-order valence-electron chi connectivity index (χ4n) is 3.93. The predicted octanol–water partition coefficient (Wildman–Crippen LogP) is 5.73. The molecular weight excluding hydrogens is 421 g/mol. The first-order valence-electron chi connectivity index (χ1n) is 9.52. The first-order valence-corrected chi connectivity index (χ1v) is 10.3. The summed E-state index contributed by atoms with van der Waals surface area (Å²) in [6.45, 7) is 0.210. The molecule has 0 N–H and O–H groups in total. The molecule has 5 rings (SSSR count). The Balaban J connectivity index is 1.76. The lowest BCUT2D eigenvalue weighted by atomic mass is 9.92. The van der Waals surface area contributed by atoms with Crippen molar-refractivity contribution in [3.05, 3.63) is 96.1 Å². The molecule has 6 heteroatoms. The molecular formula is C24H17Cl2NO3. The van der Waals surface area contributed by atoms with Crippen molar-refractivity contribution in [1.82, 2.24) is 0 Å². The SMILES string of the molecule is O=C1OC2=C(COc3ccccc32)C(N(c2ccccc2)c2ccccc2)C1(Cl)Cl. The van der Waals surface area contributed by atoms with Gasteiger partial charge in [0.1, 0.15) is 24.2 Å². The van der Waals surface area contributed by atoms with Crippen LogP contribution in [0, 0.1) is 0 Å². The minimum atomic E-state index is -1.83. The van der Waals surface area contributed by atoms with E-state index >= 15 is 0 Å². The summed E-state index contributed by atoms with van der Waals surface area (Å²) in [6.07, 6.45) is 0. The Labute approximate surface area is 184 Å². The van der Waals surface area contributed by atoms with Crippen LogP contribution in [0.3, 0.4) is 0 Å². The second-order valence-electron chi connectivity index (χ2n) is 7.10. The van der Waals surface area contributed by atoms with Crippen LogP contribution in [0.2, 0.25) is 0 Å². The molecule has 0 amide bonds. The molecule has 0 saturated heterocycles. The maximum Gasteiger partial charge on any atom is 0.350 e. The number of benzene rings is 3. The highest BCUT2D eigenvalue weighted by Crippen LogP contribution is 2.49. The summed E-state index contributed by atoms with van der Waals surface area (Å²) in [7, 11) is 0. The van der Waals surface area contributed by atoms with Crippen molar-refractivity contribution >= 4 is 46.3 Å². The molecule has 3 aromatic carbocycles. The van der Waals surface area contributed by atoms with Crippen molar-refractivity contribution in [2.75, 3.05) is 11.5 Å². The molecule has 0 bridgehead atoms. The van der Waals surface area contributed by atoms with Crippen LogP contribution in [-0.2, 0) is 9.53 Å². The van der Waals surface area contributed by atoms with E-state index in [2.05, 4.69) is 0 Å². The number of esters is 1. The molecule has 150 valence electrons. The van der Waals surface area contributed by atoms with Crippen molar-refractivity contribution in [3.8, 4) is 5.75 Å². The zero-order chi connectivity index (χ0) is 20.7. The molecule has 0 radical (unpaired) electrons. The smallest absolute Gasteiger partial charge is 0.350 e. The standard InChI is InChI=1S/C24H17Cl2NO3/c25-24(26)22(27(16-9-3-1-4-10-16)17-11-5-2-6-12-17)19-15-29-20-14-8-7-13-18(20)21(19)30-23(24)28/h1-14,22H,15H2. The second kappa shape index (κ2) is 7.38. The van der Waals surface area contributed by atoms with E-state index in [0.29, 0.717) is 22.6 Å². The third-order valence-electron chi connectivity index (χ3n) is 5.27. The third kappa shape index (κ3) is 3.04. The molecule has 30 heavy (non-hydrogen) atoms. The Morgan fingerprint density at radius 3 is 2.03 bits per heavy atom. The van der Waals surface area contributed by atoms with Crippen molar-refractivity contribution in [3.63, 3.8) is 0 Å². The minimum absolute atomic E-state index is 0.210. The van der Waals surface area contributed by atoms with Gasteiger partial charge in [-0.3, -0.25) is 0 Å². The van der Waals surface area contributed by atoms with Crippen molar-refractivity contribution < 1.29 is 14.3 Å². The molecule has 2 aliphatic rings. The number of alkyl halides is 2. The number of anilines is 2. The number of nitrogens with zero attached hydrogens (tertiary/aromatic N) is 1. The van der Waals surface area contributed by atoms with E-state index in [1.54, 1.807) is 0 Å². The summed E-state index contributed by atoms with van der Waals surface area (Å²) in [5, 5.41) is 0. The Morgan fingerprint density at radius 1 is 0.833 bits per heavy atom. The van der Waals surface area contributed by atoms with Crippen LogP contribution in [0.1, 0.15) is 5.56 Å². The normalized spacial score (nSPS) is 19.3. The van der Waals surface area contributed by atoms with E-state index in [0.717, 1.165) is 11.4 Å². The van der Waals surface area contributed by atoms with Gasteiger partial charge in [-0.25, -0.2) is 4.79 Å². The highest BCUT2D eigenvalue weighted by Gasteiger charge is 2.55. The summed E-state index contributed by atoms with van der Waals surface area (Å²) in [6, 6.07) is 26.1. The van der Waals surface area contributed by atoms with Crippen LogP contribution >= 0.6 is 23.2 Å². The van der Waals surface area contributed by atoms with Gasteiger partial charge in [0, 0.05) is 16.9 Å².